The Morgan fingerprint density at radius 3 is 2.78 bits per heavy atom. The third-order valence-electron chi connectivity index (χ3n) is 6.31. The van der Waals surface area contributed by atoms with Crippen molar-refractivity contribution < 1.29 is 34.2 Å². The number of carbonyl (C=O) groups excluding carboxylic acids is 3. The molecular weight excluding hydrogens is 514 g/mol. The number of likely N-dealkylation sites (tertiary alicyclic amines) is 1. The molecule has 5 heterocycles. The number of amides is 3. The first-order valence-electron chi connectivity index (χ1n) is 10.9. The van der Waals surface area contributed by atoms with Gasteiger partial charge in [-0.15, -0.1) is 11.8 Å². The fourth-order valence-electron chi connectivity index (χ4n) is 4.58. The van der Waals surface area contributed by atoms with Gasteiger partial charge in [-0.1, -0.05) is 5.16 Å². The third kappa shape index (κ3) is 4.10. The number of nitrogen functional groups attached to an aromatic ring is 1. The van der Waals surface area contributed by atoms with Crippen LogP contribution in [0, 0.1) is 0 Å². The number of aromatic nitrogens is 2. The van der Waals surface area contributed by atoms with Crippen LogP contribution in [0.15, 0.2) is 28.1 Å². The fraction of sp³-hybridized carbons (Fsp3) is 0.450. The van der Waals surface area contributed by atoms with Crippen molar-refractivity contribution in [3.63, 3.8) is 0 Å². The Labute approximate surface area is 212 Å². The molecule has 0 radical (unpaired) electrons. The number of anilines is 1. The molecule has 14 nitrogen and oxygen atoms in total. The molecule has 0 unspecified atom stereocenters. The number of aliphatic carboxylic acids is 1. The maximum atomic E-state index is 12.9. The van der Waals surface area contributed by atoms with Gasteiger partial charge in [0.2, 0.25) is 17.4 Å². The Bertz CT molecular complexity index is 1240. The molecule has 5 rings (SSSR count). The van der Waals surface area contributed by atoms with E-state index in [1.807, 2.05) is 0 Å². The first-order chi connectivity index (χ1) is 17.3. The number of carboxylic acids is 1. The van der Waals surface area contributed by atoms with E-state index in [-0.39, 0.29) is 34.4 Å². The Kier molecular flexibility index (Phi) is 6.40. The largest absolute Gasteiger partial charge is 0.477 e. The average Bonchev–Trinajstić information content (AvgIpc) is 3.60. The molecule has 0 bridgehead atoms. The van der Waals surface area contributed by atoms with Crippen LogP contribution < -0.4 is 11.1 Å². The number of fused-ring (bicyclic) bond motifs is 1. The van der Waals surface area contributed by atoms with Crippen LogP contribution in [-0.4, -0.2) is 102 Å². The predicted molar refractivity (Wildman–Crippen MR) is 126 cm³/mol. The molecule has 0 aliphatic carbocycles. The van der Waals surface area contributed by atoms with Crippen molar-refractivity contribution in [2.24, 2.45) is 5.16 Å². The molecule has 0 spiro atoms. The molecule has 16 heteroatoms. The third-order valence-corrected chi connectivity index (χ3v) is 8.15. The number of β-lactam (4-membered cyclic amide) rings is 1. The van der Waals surface area contributed by atoms with Gasteiger partial charge in [0.25, 0.3) is 11.8 Å². The summed E-state index contributed by atoms with van der Waals surface area (Å²) in [6.07, 6.45) is 2.81. The first-order valence-corrected chi connectivity index (χ1v) is 12.7. The minimum atomic E-state index is -1.31. The van der Waals surface area contributed by atoms with Crippen molar-refractivity contribution in [1.82, 2.24) is 24.5 Å². The molecule has 0 aromatic carbocycles. The summed E-state index contributed by atoms with van der Waals surface area (Å²) in [4.78, 5) is 57.2. The van der Waals surface area contributed by atoms with E-state index in [4.69, 9.17) is 10.5 Å². The zero-order chi connectivity index (χ0) is 25.6. The van der Waals surface area contributed by atoms with Gasteiger partial charge in [0.1, 0.15) is 17.1 Å². The lowest BCUT2D eigenvalue weighted by Gasteiger charge is -2.49. The number of hydrogen-bond donors (Lipinski definition) is 4. The van der Waals surface area contributed by atoms with Gasteiger partial charge in [-0.2, -0.15) is 9.36 Å². The number of nitrogens with zero attached hydrogens (tertiary/aromatic N) is 5. The highest BCUT2D eigenvalue weighted by Crippen LogP contribution is 2.41. The van der Waals surface area contributed by atoms with E-state index in [1.54, 1.807) is 11.0 Å². The van der Waals surface area contributed by atoms with Crippen LogP contribution in [0.5, 0.6) is 0 Å². The number of oxime groups is 1. The number of hydrogen-bond acceptors (Lipinski definition) is 12. The number of nitrogens with one attached hydrogen (secondary N) is 1. The maximum Gasteiger partial charge on any atom is 0.352 e. The van der Waals surface area contributed by atoms with Gasteiger partial charge in [-0.05, 0) is 24.5 Å². The monoisotopic (exact) mass is 535 g/mol. The summed E-state index contributed by atoms with van der Waals surface area (Å²) < 4.78 is 9.19. The Morgan fingerprint density at radius 2 is 2.14 bits per heavy atom. The Hall–Kier alpha value is -3.50. The smallest absolute Gasteiger partial charge is 0.352 e. The summed E-state index contributed by atoms with van der Waals surface area (Å²) in [6, 6.07) is -1.03. The predicted octanol–water partition coefficient (Wildman–Crippen LogP) is -1.02. The Balaban J connectivity index is 1.33. The van der Waals surface area contributed by atoms with Gasteiger partial charge in [0.05, 0.1) is 12.6 Å². The molecule has 36 heavy (non-hydrogen) atoms. The SMILES string of the molecule is Nc1nc(/C(=N/O)C(=O)N[C@@H]2C(=O)N3C(C(=O)O)=C(/C=C4\CCN([C@@H]5CCOC5)C4=O)CS[C@H]23)ns1. The first kappa shape index (κ1) is 24.2. The molecule has 190 valence electrons. The number of carbonyl (C=O) groups is 4. The quantitative estimate of drug-likeness (QED) is 0.114. The minimum Gasteiger partial charge on any atom is -0.477 e. The molecular formula is C20H21N7O7S2. The number of nitrogens with two attached hydrogens (primary N) is 1. The molecule has 3 fully saturated rings. The maximum absolute atomic E-state index is 12.9. The van der Waals surface area contributed by atoms with Crippen molar-refractivity contribution in [1.29, 1.82) is 0 Å². The standard InChI is InChI=1S/C20H21N7O7S2/c21-20-23-14(25-36-20)11(24-33)15(28)22-12-17(30)27-13(19(31)32)9(7-35-18(12)27)5-8-1-3-26(16(8)29)10-2-4-34-6-10/h5,10,12,18,33H,1-4,6-7H2,(H,22,28)(H,31,32)(H2,21,23,25)/b8-5+,24-11-/t10-,12-,18-/m1/s1. The lowest BCUT2D eigenvalue weighted by molar-refractivity contribution is -0.150. The summed E-state index contributed by atoms with van der Waals surface area (Å²) in [5, 5.41) is 23.9. The highest BCUT2D eigenvalue weighted by atomic mass is 32.2. The fourth-order valence-corrected chi connectivity index (χ4v) is 6.32. The lowest BCUT2D eigenvalue weighted by Crippen LogP contribution is -2.71. The molecule has 3 saturated heterocycles. The number of ether oxygens (including phenoxy) is 1. The summed E-state index contributed by atoms with van der Waals surface area (Å²) in [5.41, 5.74) is 5.61. The lowest BCUT2D eigenvalue weighted by atomic mass is 10.0. The molecule has 5 N–H and O–H groups in total. The van der Waals surface area contributed by atoms with Gasteiger partial charge in [0.15, 0.2) is 5.13 Å². The van der Waals surface area contributed by atoms with E-state index in [9.17, 15) is 29.5 Å². The van der Waals surface area contributed by atoms with Crippen LogP contribution >= 0.6 is 23.3 Å². The number of carboxylic acid groups (broad SMARTS) is 1. The molecule has 3 amide bonds. The summed E-state index contributed by atoms with van der Waals surface area (Å²) >= 11 is 2.06. The van der Waals surface area contributed by atoms with E-state index in [0.717, 1.165) is 22.9 Å². The number of rotatable bonds is 6. The highest BCUT2D eigenvalue weighted by Gasteiger charge is 2.54. The van der Waals surface area contributed by atoms with E-state index >= 15 is 0 Å². The van der Waals surface area contributed by atoms with E-state index < -0.39 is 34.9 Å². The summed E-state index contributed by atoms with van der Waals surface area (Å²) in [7, 11) is 0. The van der Waals surface area contributed by atoms with Crippen molar-refractivity contribution in [3.8, 4) is 0 Å². The van der Waals surface area contributed by atoms with Crippen molar-refractivity contribution in [2.45, 2.75) is 30.3 Å². The van der Waals surface area contributed by atoms with Crippen LogP contribution in [-0.2, 0) is 23.9 Å². The second-order valence-corrected chi connectivity index (χ2v) is 10.3. The van der Waals surface area contributed by atoms with Crippen LogP contribution in [0.1, 0.15) is 18.7 Å². The topological polar surface area (TPSA) is 201 Å². The van der Waals surface area contributed by atoms with Crippen molar-refractivity contribution in [2.75, 3.05) is 31.2 Å². The van der Waals surface area contributed by atoms with Gasteiger partial charge < -0.3 is 31.0 Å². The second kappa shape index (κ2) is 9.51. The van der Waals surface area contributed by atoms with Crippen LogP contribution in [0.3, 0.4) is 0 Å². The van der Waals surface area contributed by atoms with E-state index in [2.05, 4.69) is 19.8 Å². The van der Waals surface area contributed by atoms with Crippen LogP contribution in [0.4, 0.5) is 5.13 Å². The van der Waals surface area contributed by atoms with E-state index in [0.29, 0.717) is 37.3 Å². The van der Waals surface area contributed by atoms with Gasteiger partial charge >= 0.3 is 5.97 Å². The zero-order valence-electron chi connectivity index (χ0n) is 18.6. The summed E-state index contributed by atoms with van der Waals surface area (Å²) in [6.45, 7) is 1.63. The molecule has 1 aromatic heterocycles. The second-order valence-electron chi connectivity index (χ2n) is 8.38. The summed E-state index contributed by atoms with van der Waals surface area (Å²) in [5.74, 6) is -2.98. The number of thioether (sulfide) groups is 1. The van der Waals surface area contributed by atoms with Crippen LogP contribution in [0.25, 0.3) is 0 Å². The average molecular weight is 536 g/mol. The zero-order valence-corrected chi connectivity index (χ0v) is 20.3. The van der Waals surface area contributed by atoms with E-state index in [1.165, 1.54) is 11.8 Å². The molecule has 1 aromatic rings. The number of allylic oxidation sites excluding steroid dienone is 1. The normalized spacial score (nSPS) is 27.5. The molecule has 4 aliphatic rings. The van der Waals surface area contributed by atoms with Crippen LogP contribution in [0.2, 0.25) is 0 Å². The van der Waals surface area contributed by atoms with Gasteiger partial charge in [-0.3, -0.25) is 19.3 Å². The van der Waals surface area contributed by atoms with Crippen molar-refractivity contribution >= 4 is 57.8 Å². The van der Waals surface area contributed by atoms with Gasteiger partial charge in [0, 0.05) is 36.0 Å². The Morgan fingerprint density at radius 1 is 1.33 bits per heavy atom. The van der Waals surface area contributed by atoms with Crippen molar-refractivity contribution in [3.05, 3.63) is 28.7 Å². The molecule has 4 aliphatic heterocycles. The molecule has 0 saturated carbocycles. The van der Waals surface area contributed by atoms with Gasteiger partial charge in [-0.25, -0.2) is 4.79 Å². The minimum absolute atomic E-state index is 0.0195. The highest BCUT2D eigenvalue weighted by molar-refractivity contribution is 8.00. The molecule has 3 atom stereocenters.